The molecule has 0 atom stereocenters. The molecule has 2 heterocycles. The Balaban J connectivity index is 2.39. The molecule has 0 bridgehead atoms. The molecule has 0 fully saturated rings. The molecular formula is C10H9N3O. The predicted octanol–water partition coefficient (Wildman–Crippen LogP) is 1.67. The number of carbonyl (C=O) groups excluding carboxylic acids is 1. The van der Waals surface area contributed by atoms with Crippen molar-refractivity contribution in [1.29, 1.82) is 0 Å². The Hall–Kier alpha value is -1.97. The molecule has 70 valence electrons. The maximum atomic E-state index is 11.0. The first-order valence-corrected chi connectivity index (χ1v) is 4.24. The summed E-state index contributed by atoms with van der Waals surface area (Å²) >= 11 is 0. The van der Waals surface area contributed by atoms with Gasteiger partial charge in [-0.25, -0.2) is 0 Å². The Morgan fingerprint density at radius 3 is 2.64 bits per heavy atom. The third-order valence-corrected chi connectivity index (χ3v) is 1.93. The van der Waals surface area contributed by atoms with Gasteiger partial charge >= 0.3 is 0 Å². The minimum Gasteiger partial charge on any atom is -0.293 e. The molecule has 0 aliphatic rings. The van der Waals surface area contributed by atoms with Gasteiger partial charge in [0.15, 0.2) is 5.78 Å². The maximum absolute atomic E-state index is 11.0. The van der Waals surface area contributed by atoms with Crippen molar-refractivity contribution in [3.8, 4) is 11.3 Å². The summed E-state index contributed by atoms with van der Waals surface area (Å²) in [5.41, 5.74) is 2.23. The van der Waals surface area contributed by atoms with Gasteiger partial charge in [0.05, 0.1) is 5.69 Å². The number of Topliss-reactive ketones (excluding diaryl/α,β-unsaturated/α-hetero) is 1. The van der Waals surface area contributed by atoms with Gasteiger partial charge in [0.25, 0.3) is 0 Å². The molecule has 0 spiro atoms. The summed E-state index contributed by atoms with van der Waals surface area (Å²) in [5, 5.41) is 6.72. The fourth-order valence-electron chi connectivity index (χ4n) is 1.17. The van der Waals surface area contributed by atoms with Crippen LogP contribution in [0.3, 0.4) is 0 Å². The summed E-state index contributed by atoms with van der Waals surface area (Å²) in [5.74, 6) is -0.0159. The molecular weight excluding hydrogens is 178 g/mol. The van der Waals surface area contributed by atoms with Crippen molar-refractivity contribution >= 4 is 5.78 Å². The number of ketones is 1. The summed E-state index contributed by atoms with van der Waals surface area (Å²) in [6.07, 6.45) is 3.38. The smallest absolute Gasteiger partial charge is 0.177 e. The molecule has 0 unspecified atom stereocenters. The average Bonchev–Trinajstić information content (AvgIpc) is 2.68. The SMILES string of the molecule is CC(=O)c1cc(-c2ccncc2)n[nH]1. The fourth-order valence-corrected chi connectivity index (χ4v) is 1.17. The standard InChI is InChI=1S/C10H9N3O/c1-7(14)9-6-10(13-12-9)8-2-4-11-5-3-8/h2-6H,1H3,(H,12,13). The Kier molecular flexibility index (Phi) is 2.10. The van der Waals surface area contributed by atoms with Crippen molar-refractivity contribution in [2.45, 2.75) is 6.92 Å². The number of H-pyrrole nitrogens is 1. The zero-order chi connectivity index (χ0) is 9.97. The van der Waals surface area contributed by atoms with E-state index in [0.717, 1.165) is 11.3 Å². The maximum Gasteiger partial charge on any atom is 0.177 e. The molecule has 4 nitrogen and oxygen atoms in total. The quantitative estimate of drug-likeness (QED) is 0.727. The lowest BCUT2D eigenvalue weighted by Crippen LogP contribution is -1.90. The zero-order valence-electron chi connectivity index (χ0n) is 7.69. The van der Waals surface area contributed by atoms with E-state index in [1.807, 2.05) is 12.1 Å². The van der Waals surface area contributed by atoms with Crippen molar-refractivity contribution in [2.24, 2.45) is 0 Å². The van der Waals surface area contributed by atoms with Gasteiger partial charge in [-0.2, -0.15) is 5.10 Å². The summed E-state index contributed by atoms with van der Waals surface area (Å²) in [4.78, 5) is 14.9. The van der Waals surface area contributed by atoms with Crippen LogP contribution in [0.2, 0.25) is 0 Å². The zero-order valence-corrected chi connectivity index (χ0v) is 7.69. The first-order chi connectivity index (χ1) is 6.77. The molecule has 4 heteroatoms. The van der Waals surface area contributed by atoms with Gasteiger partial charge in [0, 0.05) is 24.9 Å². The van der Waals surface area contributed by atoms with E-state index < -0.39 is 0 Å². The molecule has 0 amide bonds. The second-order valence-corrected chi connectivity index (χ2v) is 2.96. The largest absolute Gasteiger partial charge is 0.293 e. The van der Waals surface area contributed by atoms with Gasteiger partial charge in [-0.15, -0.1) is 0 Å². The molecule has 0 radical (unpaired) electrons. The van der Waals surface area contributed by atoms with Crippen LogP contribution in [0.5, 0.6) is 0 Å². The highest BCUT2D eigenvalue weighted by Crippen LogP contribution is 2.15. The molecule has 0 saturated carbocycles. The number of aromatic nitrogens is 3. The second kappa shape index (κ2) is 3.41. The monoisotopic (exact) mass is 187 g/mol. The molecule has 2 rings (SSSR count). The van der Waals surface area contributed by atoms with E-state index in [2.05, 4.69) is 15.2 Å². The van der Waals surface area contributed by atoms with Crippen LogP contribution in [-0.4, -0.2) is 21.0 Å². The summed E-state index contributed by atoms with van der Waals surface area (Å²) in [6, 6.07) is 5.43. The van der Waals surface area contributed by atoms with Crippen LogP contribution in [0, 0.1) is 0 Å². The average molecular weight is 187 g/mol. The minimum atomic E-state index is -0.0159. The Morgan fingerprint density at radius 2 is 2.07 bits per heavy atom. The van der Waals surface area contributed by atoms with Crippen LogP contribution in [0.25, 0.3) is 11.3 Å². The topological polar surface area (TPSA) is 58.6 Å². The fraction of sp³-hybridized carbons (Fsp3) is 0.100. The lowest BCUT2D eigenvalue weighted by molar-refractivity contribution is 0.101. The summed E-state index contributed by atoms with van der Waals surface area (Å²) in [7, 11) is 0. The third-order valence-electron chi connectivity index (χ3n) is 1.93. The van der Waals surface area contributed by atoms with Gasteiger partial charge in [-0.1, -0.05) is 0 Å². The highest BCUT2D eigenvalue weighted by atomic mass is 16.1. The van der Waals surface area contributed by atoms with Crippen molar-refractivity contribution < 1.29 is 4.79 Å². The van der Waals surface area contributed by atoms with Crippen LogP contribution in [0.4, 0.5) is 0 Å². The molecule has 0 saturated heterocycles. The van der Waals surface area contributed by atoms with Gasteiger partial charge in [0.1, 0.15) is 5.69 Å². The number of hydrogen-bond acceptors (Lipinski definition) is 3. The molecule has 0 aromatic carbocycles. The van der Waals surface area contributed by atoms with E-state index in [1.165, 1.54) is 6.92 Å². The first kappa shape index (κ1) is 8.62. The van der Waals surface area contributed by atoms with E-state index in [1.54, 1.807) is 18.5 Å². The van der Waals surface area contributed by atoms with Gasteiger partial charge in [-0.3, -0.25) is 14.9 Å². The number of nitrogens with zero attached hydrogens (tertiary/aromatic N) is 2. The number of carbonyl (C=O) groups is 1. The number of aromatic amines is 1. The molecule has 0 aliphatic heterocycles. The highest BCUT2D eigenvalue weighted by molar-refractivity contribution is 5.93. The van der Waals surface area contributed by atoms with Crippen LogP contribution in [-0.2, 0) is 0 Å². The molecule has 2 aromatic rings. The summed E-state index contributed by atoms with van der Waals surface area (Å²) in [6.45, 7) is 1.50. The molecule has 14 heavy (non-hydrogen) atoms. The van der Waals surface area contributed by atoms with Crippen LogP contribution < -0.4 is 0 Å². The van der Waals surface area contributed by atoms with E-state index in [0.29, 0.717) is 5.69 Å². The highest BCUT2D eigenvalue weighted by Gasteiger charge is 2.05. The van der Waals surface area contributed by atoms with E-state index in [4.69, 9.17) is 0 Å². The predicted molar refractivity (Wildman–Crippen MR) is 51.8 cm³/mol. The summed E-state index contributed by atoms with van der Waals surface area (Å²) < 4.78 is 0. The molecule has 0 aliphatic carbocycles. The van der Waals surface area contributed by atoms with Crippen LogP contribution in [0.1, 0.15) is 17.4 Å². The minimum absolute atomic E-state index is 0.0159. The van der Waals surface area contributed by atoms with Crippen molar-refractivity contribution in [3.05, 3.63) is 36.3 Å². The van der Waals surface area contributed by atoms with Gasteiger partial charge < -0.3 is 0 Å². The van der Waals surface area contributed by atoms with Crippen molar-refractivity contribution in [1.82, 2.24) is 15.2 Å². The van der Waals surface area contributed by atoms with E-state index in [9.17, 15) is 4.79 Å². The van der Waals surface area contributed by atoms with Gasteiger partial charge in [0.2, 0.25) is 0 Å². The third kappa shape index (κ3) is 1.54. The number of pyridine rings is 1. The van der Waals surface area contributed by atoms with Crippen LogP contribution in [0.15, 0.2) is 30.6 Å². The Labute approximate surface area is 81.0 Å². The van der Waals surface area contributed by atoms with E-state index >= 15 is 0 Å². The molecule has 1 N–H and O–H groups in total. The van der Waals surface area contributed by atoms with E-state index in [-0.39, 0.29) is 5.78 Å². The number of rotatable bonds is 2. The lowest BCUT2D eigenvalue weighted by Gasteiger charge is -1.91. The second-order valence-electron chi connectivity index (χ2n) is 2.96. The lowest BCUT2D eigenvalue weighted by atomic mass is 10.2. The Morgan fingerprint density at radius 1 is 1.36 bits per heavy atom. The normalized spacial score (nSPS) is 10.1. The van der Waals surface area contributed by atoms with Gasteiger partial charge in [-0.05, 0) is 18.2 Å². The number of hydrogen-bond donors (Lipinski definition) is 1. The van der Waals surface area contributed by atoms with Crippen LogP contribution >= 0.6 is 0 Å². The first-order valence-electron chi connectivity index (χ1n) is 4.24. The van der Waals surface area contributed by atoms with Crippen molar-refractivity contribution in [3.63, 3.8) is 0 Å². The number of nitrogens with one attached hydrogen (secondary N) is 1. The Bertz CT molecular complexity index is 447. The van der Waals surface area contributed by atoms with Crippen molar-refractivity contribution in [2.75, 3.05) is 0 Å². The molecule has 2 aromatic heterocycles.